The summed E-state index contributed by atoms with van der Waals surface area (Å²) >= 11 is 5.72. The number of halogens is 2. The minimum absolute atomic E-state index is 0.0386. The predicted molar refractivity (Wildman–Crippen MR) is 76.0 cm³/mol. The molecular formula is C16H16ClFO. The van der Waals surface area contributed by atoms with Gasteiger partial charge in [-0.2, -0.15) is 0 Å². The van der Waals surface area contributed by atoms with Crippen LogP contribution in [0.15, 0.2) is 36.4 Å². The van der Waals surface area contributed by atoms with Crippen molar-refractivity contribution >= 4 is 11.6 Å². The Hall–Kier alpha value is -1.38. The summed E-state index contributed by atoms with van der Waals surface area (Å²) in [6.45, 7) is 4.09. The molecule has 2 aromatic carbocycles. The van der Waals surface area contributed by atoms with Crippen LogP contribution < -0.4 is 0 Å². The van der Waals surface area contributed by atoms with Crippen molar-refractivity contribution in [2.45, 2.75) is 26.4 Å². The quantitative estimate of drug-likeness (QED) is 0.884. The van der Waals surface area contributed by atoms with E-state index in [4.69, 9.17) is 11.6 Å². The first-order valence-corrected chi connectivity index (χ1v) is 6.54. The predicted octanol–water partition coefficient (Wildman–Crippen LogP) is 4.37. The van der Waals surface area contributed by atoms with E-state index in [1.54, 1.807) is 6.07 Å². The average molecular weight is 279 g/mol. The molecule has 1 atom stereocenters. The maximum Gasteiger partial charge on any atom is 0.141 e. The Morgan fingerprint density at radius 2 is 1.84 bits per heavy atom. The summed E-state index contributed by atoms with van der Waals surface area (Å²) in [5.74, 6) is -0.469. The second kappa shape index (κ2) is 5.72. The zero-order chi connectivity index (χ0) is 14.0. The van der Waals surface area contributed by atoms with Crippen molar-refractivity contribution in [2.75, 3.05) is 0 Å². The van der Waals surface area contributed by atoms with Gasteiger partial charge in [-0.3, -0.25) is 0 Å². The lowest BCUT2D eigenvalue weighted by Crippen LogP contribution is -2.02. The maximum absolute atomic E-state index is 13.1. The number of aliphatic hydroxyl groups is 1. The Morgan fingerprint density at radius 3 is 2.47 bits per heavy atom. The third-order valence-corrected chi connectivity index (χ3v) is 3.62. The highest BCUT2D eigenvalue weighted by Crippen LogP contribution is 2.24. The van der Waals surface area contributed by atoms with E-state index in [1.807, 2.05) is 19.1 Å². The van der Waals surface area contributed by atoms with Gasteiger partial charge in [0.25, 0.3) is 0 Å². The fourth-order valence-corrected chi connectivity index (χ4v) is 2.18. The van der Waals surface area contributed by atoms with Gasteiger partial charge in [-0.1, -0.05) is 35.9 Å². The van der Waals surface area contributed by atoms with Crippen LogP contribution in [-0.4, -0.2) is 5.11 Å². The van der Waals surface area contributed by atoms with Crippen molar-refractivity contribution in [1.82, 2.24) is 0 Å². The van der Waals surface area contributed by atoms with Gasteiger partial charge in [0.1, 0.15) is 5.82 Å². The van der Waals surface area contributed by atoms with Crippen LogP contribution in [-0.2, 0) is 6.42 Å². The van der Waals surface area contributed by atoms with Crippen molar-refractivity contribution in [3.63, 3.8) is 0 Å². The van der Waals surface area contributed by atoms with Crippen LogP contribution >= 0.6 is 11.6 Å². The molecule has 0 aliphatic rings. The summed E-state index contributed by atoms with van der Waals surface area (Å²) in [5, 5.41) is 10.2. The van der Waals surface area contributed by atoms with Crippen LogP contribution in [0.4, 0.5) is 4.39 Å². The Bertz CT molecular complexity index is 595. The fourth-order valence-electron chi connectivity index (χ4n) is 1.99. The number of benzene rings is 2. The number of hydrogen-bond donors (Lipinski definition) is 1. The average Bonchev–Trinajstić information content (AvgIpc) is 2.37. The molecule has 0 aliphatic heterocycles. The Balaban J connectivity index is 2.17. The van der Waals surface area contributed by atoms with Gasteiger partial charge in [-0.25, -0.2) is 4.39 Å². The molecule has 0 saturated heterocycles. The molecule has 3 heteroatoms. The second-order valence-electron chi connectivity index (χ2n) is 4.81. The molecule has 0 saturated carbocycles. The Kier molecular flexibility index (Phi) is 4.23. The molecule has 0 bridgehead atoms. The number of aliphatic hydroxyl groups excluding tert-OH is 1. The van der Waals surface area contributed by atoms with Crippen LogP contribution in [0.5, 0.6) is 0 Å². The highest BCUT2D eigenvalue weighted by Gasteiger charge is 2.11. The summed E-state index contributed by atoms with van der Waals surface area (Å²) in [7, 11) is 0. The molecule has 1 N–H and O–H groups in total. The Morgan fingerprint density at radius 1 is 1.11 bits per heavy atom. The van der Waals surface area contributed by atoms with Gasteiger partial charge in [0.15, 0.2) is 0 Å². The normalized spacial score (nSPS) is 12.5. The molecule has 0 aliphatic carbocycles. The molecule has 2 aromatic rings. The number of hydrogen-bond acceptors (Lipinski definition) is 1. The number of rotatable bonds is 3. The van der Waals surface area contributed by atoms with E-state index in [9.17, 15) is 9.50 Å². The summed E-state index contributed by atoms with van der Waals surface area (Å²) in [6.07, 6.45) is -0.191. The van der Waals surface area contributed by atoms with Gasteiger partial charge in [0.05, 0.1) is 11.1 Å². The molecular weight excluding hydrogens is 263 g/mol. The topological polar surface area (TPSA) is 20.2 Å². The van der Waals surface area contributed by atoms with Gasteiger partial charge in [0, 0.05) is 6.42 Å². The largest absolute Gasteiger partial charge is 0.388 e. The second-order valence-corrected chi connectivity index (χ2v) is 5.22. The van der Waals surface area contributed by atoms with Gasteiger partial charge in [-0.15, -0.1) is 0 Å². The van der Waals surface area contributed by atoms with Crippen LogP contribution in [0.1, 0.15) is 28.4 Å². The van der Waals surface area contributed by atoms with E-state index in [0.717, 1.165) is 5.56 Å². The highest BCUT2D eigenvalue weighted by atomic mass is 35.5. The van der Waals surface area contributed by atoms with Crippen molar-refractivity contribution in [3.8, 4) is 0 Å². The summed E-state index contributed by atoms with van der Waals surface area (Å²) < 4.78 is 13.1. The highest BCUT2D eigenvalue weighted by molar-refractivity contribution is 6.30. The van der Waals surface area contributed by atoms with Gasteiger partial charge in [0.2, 0.25) is 0 Å². The molecule has 0 heterocycles. The maximum atomic E-state index is 13.1. The first-order valence-electron chi connectivity index (χ1n) is 6.16. The molecule has 0 spiro atoms. The van der Waals surface area contributed by atoms with Crippen LogP contribution in [0, 0.1) is 19.7 Å². The molecule has 0 aromatic heterocycles. The van der Waals surface area contributed by atoms with Gasteiger partial charge < -0.3 is 5.11 Å². The van der Waals surface area contributed by atoms with Crippen LogP contribution in [0.3, 0.4) is 0 Å². The molecule has 0 amide bonds. The third kappa shape index (κ3) is 3.34. The first-order chi connectivity index (χ1) is 8.97. The first kappa shape index (κ1) is 14.0. The molecule has 100 valence electrons. The fraction of sp³-hybridized carbons (Fsp3) is 0.250. The van der Waals surface area contributed by atoms with Crippen LogP contribution in [0.2, 0.25) is 5.02 Å². The summed E-state index contributed by atoms with van der Waals surface area (Å²) in [5.41, 5.74) is 4.10. The minimum atomic E-state index is -0.680. The zero-order valence-electron chi connectivity index (χ0n) is 11.0. The third-order valence-electron chi connectivity index (χ3n) is 3.33. The molecule has 2 rings (SSSR count). The van der Waals surface area contributed by atoms with Crippen molar-refractivity contribution in [1.29, 1.82) is 0 Å². The standard InChI is InChI=1S/C16H16ClFO/c1-10-3-4-12(7-11(10)2)8-16(19)13-5-6-15(18)14(17)9-13/h3-7,9,16,19H,8H2,1-2H3. The van der Waals surface area contributed by atoms with Gasteiger partial charge in [-0.05, 0) is 48.2 Å². The van der Waals surface area contributed by atoms with Crippen LogP contribution in [0.25, 0.3) is 0 Å². The van der Waals surface area contributed by atoms with Crippen molar-refractivity contribution < 1.29 is 9.50 Å². The summed E-state index contributed by atoms with van der Waals surface area (Å²) in [4.78, 5) is 0. The molecule has 1 unspecified atom stereocenters. The van der Waals surface area contributed by atoms with E-state index < -0.39 is 11.9 Å². The molecule has 0 fully saturated rings. The minimum Gasteiger partial charge on any atom is -0.388 e. The van der Waals surface area contributed by atoms with E-state index in [2.05, 4.69) is 13.0 Å². The lowest BCUT2D eigenvalue weighted by molar-refractivity contribution is 0.178. The van der Waals surface area contributed by atoms with E-state index in [0.29, 0.717) is 12.0 Å². The van der Waals surface area contributed by atoms with Gasteiger partial charge >= 0.3 is 0 Å². The zero-order valence-corrected chi connectivity index (χ0v) is 11.7. The lowest BCUT2D eigenvalue weighted by atomic mass is 9.98. The van der Waals surface area contributed by atoms with Crippen molar-refractivity contribution in [2.24, 2.45) is 0 Å². The summed E-state index contributed by atoms with van der Waals surface area (Å²) in [6, 6.07) is 10.4. The SMILES string of the molecule is Cc1ccc(CC(O)c2ccc(F)c(Cl)c2)cc1C. The number of aryl methyl sites for hydroxylation is 2. The molecule has 19 heavy (non-hydrogen) atoms. The van der Waals surface area contributed by atoms with E-state index in [1.165, 1.54) is 23.3 Å². The van der Waals surface area contributed by atoms with E-state index >= 15 is 0 Å². The van der Waals surface area contributed by atoms with Crippen molar-refractivity contribution in [3.05, 3.63) is 69.5 Å². The Labute approximate surface area is 117 Å². The monoisotopic (exact) mass is 278 g/mol. The lowest BCUT2D eigenvalue weighted by Gasteiger charge is -2.13. The molecule has 1 nitrogen and oxygen atoms in total. The molecule has 0 radical (unpaired) electrons. The smallest absolute Gasteiger partial charge is 0.141 e. The van der Waals surface area contributed by atoms with E-state index in [-0.39, 0.29) is 5.02 Å².